The fourth-order valence-electron chi connectivity index (χ4n) is 4.51. The number of rotatable bonds is 7. The second-order valence-corrected chi connectivity index (χ2v) is 19.3. The van der Waals surface area contributed by atoms with Crippen LogP contribution in [0.4, 0.5) is 0 Å². The molecular formula is C21H42O2P2. The van der Waals surface area contributed by atoms with Crippen molar-refractivity contribution in [2.24, 2.45) is 17.3 Å². The molecule has 0 bridgehead atoms. The van der Waals surface area contributed by atoms with Crippen molar-refractivity contribution in [3.8, 4) is 0 Å². The first kappa shape index (κ1) is 21.8. The van der Waals surface area contributed by atoms with E-state index in [1.165, 1.54) is 19.3 Å². The van der Waals surface area contributed by atoms with Crippen molar-refractivity contribution in [1.82, 2.24) is 0 Å². The Morgan fingerprint density at radius 3 is 2.04 bits per heavy atom. The van der Waals surface area contributed by atoms with Crippen LogP contribution in [0.2, 0.25) is 0 Å². The highest BCUT2D eigenvalue weighted by Crippen LogP contribution is 2.68. The van der Waals surface area contributed by atoms with Crippen LogP contribution in [0.15, 0.2) is 0 Å². The maximum Gasteiger partial charge on any atom is 0.0933 e. The summed E-state index contributed by atoms with van der Waals surface area (Å²) in [6, 6.07) is 0. The molecule has 2 fully saturated rings. The lowest BCUT2D eigenvalue weighted by Gasteiger charge is -2.36. The summed E-state index contributed by atoms with van der Waals surface area (Å²) in [5, 5.41) is -0.313. The average molecular weight is 389 g/mol. The third-order valence-electron chi connectivity index (χ3n) is 7.62. The molecule has 0 aromatic carbocycles. The summed E-state index contributed by atoms with van der Waals surface area (Å²) in [7, 11) is -4.40. The quantitative estimate of drug-likeness (QED) is 0.434. The summed E-state index contributed by atoms with van der Waals surface area (Å²) < 4.78 is 26.8. The summed E-state index contributed by atoms with van der Waals surface area (Å²) in [5.74, 6) is 1.54. The Labute approximate surface area is 157 Å². The van der Waals surface area contributed by atoms with E-state index in [9.17, 15) is 9.13 Å². The molecule has 148 valence electrons. The van der Waals surface area contributed by atoms with Gasteiger partial charge in [0.15, 0.2) is 0 Å². The Bertz CT molecular complexity index is 579. The van der Waals surface area contributed by atoms with E-state index in [1.54, 1.807) is 0 Å². The first-order valence-corrected chi connectivity index (χ1v) is 14.7. The van der Waals surface area contributed by atoms with E-state index >= 15 is 0 Å². The van der Waals surface area contributed by atoms with Gasteiger partial charge in [0, 0.05) is 28.8 Å². The Morgan fingerprint density at radius 1 is 1.00 bits per heavy atom. The van der Waals surface area contributed by atoms with Gasteiger partial charge in [0.05, 0.1) is 14.3 Å². The van der Waals surface area contributed by atoms with Crippen LogP contribution in [0.25, 0.3) is 0 Å². The number of hydrogen-bond acceptors (Lipinski definition) is 2. The van der Waals surface area contributed by atoms with Crippen LogP contribution >= 0.6 is 14.3 Å². The lowest BCUT2D eigenvalue weighted by Crippen LogP contribution is -2.26. The van der Waals surface area contributed by atoms with Gasteiger partial charge in [-0.3, -0.25) is 0 Å². The summed E-state index contributed by atoms with van der Waals surface area (Å²) in [5.41, 5.74) is 0.426. The van der Waals surface area contributed by atoms with E-state index in [1.807, 2.05) is 6.66 Å². The van der Waals surface area contributed by atoms with Crippen LogP contribution in [0.5, 0.6) is 0 Å². The van der Waals surface area contributed by atoms with E-state index in [4.69, 9.17) is 0 Å². The fraction of sp³-hybridized carbons (Fsp3) is 1.00. The van der Waals surface area contributed by atoms with Gasteiger partial charge in [0.1, 0.15) is 0 Å². The Balaban J connectivity index is 1.99. The van der Waals surface area contributed by atoms with Gasteiger partial charge < -0.3 is 9.13 Å². The minimum atomic E-state index is -2.22. The highest BCUT2D eigenvalue weighted by molar-refractivity contribution is 7.66. The molecule has 3 atom stereocenters. The molecule has 2 aliphatic rings. The lowest BCUT2D eigenvalue weighted by atomic mass is 9.78. The summed E-state index contributed by atoms with van der Waals surface area (Å²) >= 11 is 0. The van der Waals surface area contributed by atoms with Crippen LogP contribution in [0.3, 0.4) is 0 Å². The van der Waals surface area contributed by atoms with E-state index in [0.717, 1.165) is 37.2 Å². The summed E-state index contributed by atoms with van der Waals surface area (Å²) in [6.45, 7) is 17.4. The molecule has 1 saturated carbocycles. The van der Waals surface area contributed by atoms with Gasteiger partial charge in [-0.25, -0.2) is 0 Å². The first-order chi connectivity index (χ1) is 11.1. The smallest absolute Gasteiger partial charge is 0.0933 e. The third-order valence-corrected chi connectivity index (χ3v) is 16.1. The normalized spacial score (nSPS) is 31.1. The van der Waals surface area contributed by atoms with Crippen molar-refractivity contribution in [2.75, 3.05) is 25.2 Å². The monoisotopic (exact) mass is 388 g/mol. The van der Waals surface area contributed by atoms with Crippen molar-refractivity contribution in [3.63, 3.8) is 0 Å². The molecule has 25 heavy (non-hydrogen) atoms. The van der Waals surface area contributed by atoms with E-state index < -0.39 is 14.3 Å². The van der Waals surface area contributed by atoms with E-state index in [2.05, 4.69) is 48.5 Å². The van der Waals surface area contributed by atoms with Crippen LogP contribution < -0.4 is 0 Å². The zero-order chi connectivity index (χ0) is 19.3. The summed E-state index contributed by atoms with van der Waals surface area (Å²) in [6.07, 6.45) is 8.57. The largest absolute Gasteiger partial charge is 0.323 e. The van der Waals surface area contributed by atoms with E-state index in [-0.39, 0.29) is 10.3 Å². The van der Waals surface area contributed by atoms with Crippen LogP contribution in [0.1, 0.15) is 80.6 Å². The van der Waals surface area contributed by atoms with Crippen molar-refractivity contribution < 1.29 is 9.13 Å². The van der Waals surface area contributed by atoms with Crippen molar-refractivity contribution in [1.29, 1.82) is 0 Å². The van der Waals surface area contributed by atoms with Crippen LogP contribution in [0, 0.1) is 17.3 Å². The molecule has 1 aliphatic heterocycles. The molecule has 0 aromatic rings. The Morgan fingerprint density at radius 2 is 1.56 bits per heavy atom. The highest BCUT2D eigenvalue weighted by Gasteiger charge is 2.48. The van der Waals surface area contributed by atoms with Gasteiger partial charge in [-0.15, -0.1) is 0 Å². The molecule has 2 nitrogen and oxygen atoms in total. The maximum absolute atomic E-state index is 13.8. The van der Waals surface area contributed by atoms with Gasteiger partial charge in [0.25, 0.3) is 0 Å². The molecular weight excluding hydrogens is 346 g/mol. The van der Waals surface area contributed by atoms with Crippen LogP contribution in [-0.2, 0) is 9.13 Å². The minimum Gasteiger partial charge on any atom is -0.323 e. The minimum absolute atomic E-state index is 0.149. The molecule has 1 aliphatic carbocycles. The molecule has 3 unspecified atom stereocenters. The molecule has 0 aromatic heterocycles. The topological polar surface area (TPSA) is 34.1 Å². The third kappa shape index (κ3) is 4.85. The second kappa shape index (κ2) is 6.81. The van der Waals surface area contributed by atoms with Gasteiger partial charge in [0.2, 0.25) is 0 Å². The second-order valence-electron chi connectivity index (χ2n) is 11.5. The van der Waals surface area contributed by atoms with Crippen molar-refractivity contribution in [2.45, 2.75) is 90.9 Å². The van der Waals surface area contributed by atoms with E-state index in [0.29, 0.717) is 11.3 Å². The lowest BCUT2D eigenvalue weighted by molar-refractivity contribution is 0.239. The van der Waals surface area contributed by atoms with Crippen molar-refractivity contribution in [3.05, 3.63) is 0 Å². The molecule has 0 N–H and O–H groups in total. The highest BCUT2D eigenvalue weighted by atomic mass is 31.2. The average Bonchev–Trinajstić information content (AvgIpc) is 3.21. The number of hydrogen-bond donors (Lipinski definition) is 0. The van der Waals surface area contributed by atoms with Gasteiger partial charge in [-0.05, 0) is 56.0 Å². The molecule has 2 rings (SSSR count). The SMILES string of the molecule is CC(C)(CC1CCP(=O)(C(C)(C)CCP(C)(=O)C(C)(C)C)C1)C1CC1. The van der Waals surface area contributed by atoms with Gasteiger partial charge in [-0.1, -0.05) is 48.5 Å². The molecule has 0 spiro atoms. The zero-order valence-electron chi connectivity index (χ0n) is 18.0. The Kier molecular flexibility index (Phi) is 5.93. The van der Waals surface area contributed by atoms with Gasteiger partial charge >= 0.3 is 0 Å². The fourth-order valence-corrected chi connectivity index (χ4v) is 10.1. The maximum atomic E-state index is 13.8. The Hall–Kier alpha value is 0.460. The molecule has 0 radical (unpaired) electrons. The van der Waals surface area contributed by atoms with Crippen LogP contribution in [-0.4, -0.2) is 35.5 Å². The standard InChI is InChI=1S/C21H42O2P2/c1-19(2,3)24(8,22)14-12-21(6,7)25(23)13-11-17(16-25)15-20(4,5)18-9-10-18/h17-18H,9-16H2,1-8H3. The van der Waals surface area contributed by atoms with Crippen molar-refractivity contribution >= 4 is 14.3 Å². The zero-order valence-corrected chi connectivity index (χ0v) is 19.8. The predicted octanol–water partition coefficient (Wildman–Crippen LogP) is 7.16. The predicted molar refractivity (Wildman–Crippen MR) is 113 cm³/mol. The molecule has 1 heterocycles. The molecule has 1 saturated heterocycles. The summed E-state index contributed by atoms with van der Waals surface area (Å²) in [4.78, 5) is 0. The molecule has 0 amide bonds. The first-order valence-electron chi connectivity index (χ1n) is 10.2. The molecule has 4 heteroatoms. The van der Waals surface area contributed by atoms with Gasteiger partial charge in [-0.2, -0.15) is 0 Å².